The summed E-state index contributed by atoms with van der Waals surface area (Å²) in [5.74, 6) is 1.02. The molecule has 0 radical (unpaired) electrons. The van der Waals surface area contributed by atoms with Gasteiger partial charge in [0.15, 0.2) is 0 Å². The van der Waals surface area contributed by atoms with Crippen LogP contribution in [0, 0.1) is 5.92 Å². The van der Waals surface area contributed by atoms with Gasteiger partial charge in [0.25, 0.3) is 0 Å². The number of ether oxygens (including phenoxy) is 1. The monoisotopic (exact) mass is 301 g/mol. The molecule has 0 bridgehead atoms. The van der Waals surface area contributed by atoms with Crippen LogP contribution in [0.25, 0.3) is 0 Å². The Morgan fingerprint density at radius 1 is 1.15 bits per heavy atom. The third kappa shape index (κ3) is 7.10. The third-order valence-corrected chi connectivity index (χ3v) is 3.08. The van der Waals surface area contributed by atoms with E-state index < -0.39 is 6.10 Å². The second kappa shape index (κ2) is 9.19. The predicted molar refractivity (Wildman–Crippen MR) is 81.3 cm³/mol. The zero-order valence-electron chi connectivity index (χ0n) is 12.1. The lowest BCUT2D eigenvalue weighted by Gasteiger charge is -2.17. The van der Waals surface area contributed by atoms with Gasteiger partial charge in [-0.1, -0.05) is 37.6 Å². The number of hydrogen-bond donors (Lipinski definition) is 3. The van der Waals surface area contributed by atoms with Crippen LogP contribution in [0.4, 0.5) is 0 Å². The van der Waals surface area contributed by atoms with Crippen molar-refractivity contribution in [2.45, 2.75) is 32.5 Å². The minimum Gasteiger partial charge on any atom is -0.489 e. The van der Waals surface area contributed by atoms with Crippen LogP contribution in [-0.2, 0) is 0 Å². The second-order valence-corrected chi connectivity index (χ2v) is 5.74. The molecule has 3 N–H and O–H groups in total. The summed E-state index contributed by atoms with van der Waals surface area (Å²) in [6.07, 6.45) is -0.275. The molecular weight excluding hydrogens is 278 g/mol. The molecule has 0 fully saturated rings. The zero-order chi connectivity index (χ0) is 15.0. The van der Waals surface area contributed by atoms with E-state index in [9.17, 15) is 10.2 Å². The highest BCUT2D eigenvalue weighted by molar-refractivity contribution is 6.32. The molecule has 1 aromatic rings. The maximum atomic E-state index is 9.78. The van der Waals surface area contributed by atoms with Gasteiger partial charge < -0.3 is 20.3 Å². The molecule has 4 nitrogen and oxygen atoms in total. The van der Waals surface area contributed by atoms with Gasteiger partial charge in [-0.25, -0.2) is 0 Å². The van der Waals surface area contributed by atoms with E-state index in [4.69, 9.17) is 16.3 Å². The Hall–Kier alpha value is -0.810. The van der Waals surface area contributed by atoms with Crippen molar-refractivity contribution in [3.63, 3.8) is 0 Å². The number of aliphatic hydroxyl groups is 2. The summed E-state index contributed by atoms with van der Waals surface area (Å²) in [6.45, 7) is 5.14. The first-order chi connectivity index (χ1) is 9.49. The van der Waals surface area contributed by atoms with E-state index in [2.05, 4.69) is 19.2 Å². The van der Waals surface area contributed by atoms with Gasteiger partial charge in [-0.05, 0) is 24.5 Å². The SMILES string of the molecule is CC(C)CC(O)CNCC(O)COc1ccccc1Cl. The maximum absolute atomic E-state index is 9.78. The number of nitrogens with one attached hydrogen (secondary N) is 1. The van der Waals surface area contributed by atoms with Crippen LogP contribution < -0.4 is 10.1 Å². The van der Waals surface area contributed by atoms with Gasteiger partial charge in [0.1, 0.15) is 18.5 Å². The highest BCUT2D eigenvalue weighted by atomic mass is 35.5. The Labute approximate surface area is 125 Å². The van der Waals surface area contributed by atoms with Crippen molar-refractivity contribution in [3.05, 3.63) is 29.3 Å². The molecule has 20 heavy (non-hydrogen) atoms. The standard InChI is InChI=1S/C15H24ClNO3/c1-11(2)7-12(18)8-17-9-13(19)10-20-15-6-4-3-5-14(15)16/h3-6,11-13,17-19H,7-10H2,1-2H3. The lowest BCUT2D eigenvalue weighted by Crippen LogP contribution is -2.36. The van der Waals surface area contributed by atoms with Crippen LogP contribution in [0.2, 0.25) is 5.02 Å². The van der Waals surface area contributed by atoms with Crippen molar-refractivity contribution < 1.29 is 14.9 Å². The summed E-state index contributed by atoms with van der Waals surface area (Å²) in [5, 5.41) is 23.0. The molecule has 0 aliphatic rings. The molecule has 1 rings (SSSR count). The van der Waals surface area contributed by atoms with Crippen molar-refractivity contribution >= 4 is 11.6 Å². The van der Waals surface area contributed by atoms with E-state index in [0.29, 0.717) is 29.8 Å². The molecule has 0 saturated heterocycles. The van der Waals surface area contributed by atoms with Crippen molar-refractivity contribution in [2.75, 3.05) is 19.7 Å². The second-order valence-electron chi connectivity index (χ2n) is 5.34. The Kier molecular flexibility index (Phi) is 7.92. The van der Waals surface area contributed by atoms with Crippen LogP contribution in [0.1, 0.15) is 20.3 Å². The number of benzene rings is 1. The van der Waals surface area contributed by atoms with E-state index in [1.165, 1.54) is 0 Å². The highest BCUT2D eigenvalue weighted by Gasteiger charge is 2.10. The van der Waals surface area contributed by atoms with E-state index in [1.807, 2.05) is 12.1 Å². The molecule has 5 heteroatoms. The van der Waals surface area contributed by atoms with Crippen LogP contribution in [0.5, 0.6) is 5.75 Å². The summed E-state index contributed by atoms with van der Waals surface area (Å²) < 4.78 is 5.44. The Balaban J connectivity index is 2.18. The van der Waals surface area contributed by atoms with E-state index in [1.54, 1.807) is 12.1 Å². The van der Waals surface area contributed by atoms with Gasteiger partial charge >= 0.3 is 0 Å². The molecule has 2 unspecified atom stereocenters. The molecular formula is C15H24ClNO3. The molecule has 0 aliphatic heterocycles. The maximum Gasteiger partial charge on any atom is 0.138 e. The Morgan fingerprint density at radius 3 is 2.45 bits per heavy atom. The first-order valence-electron chi connectivity index (χ1n) is 6.93. The molecule has 0 heterocycles. The molecule has 1 aromatic carbocycles. The smallest absolute Gasteiger partial charge is 0.138 e. The Morgan fingerprint density at radius 2 is 1.80 bits per heavy atom. The van der Waals surface area contributed by atoms with E-state index in [0.717, 1.165) is 6.42 Å². The minimum atomic E-state index is -0.641. The van der Waals surface area contributed by atoms with Gasteiger partial charge in [0.05, 0.1) is 11.1 Å². The summed E-state index contributed by atoms with van der Waals surface area (Å²) in [7, 11) is 0. The summed E-state index contributed by atoms with van der Waals surface area (Å²) >= 11 is 5.95. The van der Waals surface area contributed by atoms with Crippen molar-refractivity contribution in [1.29, 1.82) is 0 Å². The molecule has 0 aromatic heterocycles. The van der Waals surface area contributed by atoms with Gasteiger partial charge in [0.2, 0.25) is 0 Å². The van der Waals surface area contributed by atoms with Crippen LogP contribution >= 0.6 is 11.6 Å². The quantitative estimate of drug-likeness (QED) is 0.653. The minimum absolute atomic E-state index is 0.164. The van der Waals surface area contributed by atoms with Crippen molar-refractivity contribution in [2.24, 2.45) is 5.92 Å². The number of halogens is 1. The van der Waals surface area contributed by atoms with Crippen LogP contribution in [0.3, 0.4) is 0 Å². The van der Waals surface area contributed by atoms with Gasteiger partial charge in [-0.15, -0.1) is 0 Å². The molecule has 0 spiro atoms. The molecule has 114 valence electrons. The number of hydrogen-bond acceptors (Lipinski definition) is 4. The molecule has 0 saturated carbocycles. The lowest BCUT2D eigenvalue weighted by molar-refractivity contribution is 0.0966. The van der Waals surface area contributed by atoms with Crippen molar-refractivity contribution in [1.82, 2.24) is 5.32 Å². The van der Waals surface area contributed by atoms with Crippen LogP contribution in [0.15, 0.2) is 24.3 Å². The summed E-state index contributed by atoms with van der Waals surface area (Å²) in [5.41, 5.74) is 0. The highest BCUT2D eigenvalue weighted by Crippen LogP contribution is 2.22. The fraction of sp³-hybridized carbons (Fsp3) is 0.600. The fourth-order valence-corrected chi connectivity index (χ4v) is 2.04. The molecule has 0 aliphatic carbocycles. The number of para-hydroxylation sites is 1. The average Bonchev–Trinajstić information content (AvgIpc) is 2.37. The van der Waals surface area contributed by atoms with Crippen LogP contribution in [-0.4, -0.2) is 42.1 Å². The number of rotatable bonds is 9. The van der Waals surface area contributed by atoms with E-state index >= 15 is 0 Å². The normalized spacial score (nSPS) is 14.3. The van der Waals surface area contributed by atoms with Crippen molar-refractivity contribution in [3.8, 4) is 5.75 Å². The summed E-state index contributed by atoms with van der Waals surface area (Å²) in [4.78, 5) is 0. The molecule has 2 atom stereocenters. The predicted octanol–water partition coefficient (Wildman–Crippen LogP) is 2.08. The van der Waals surface area contributed by atoms with Gasteiger partial charge in [-0.2, -0.15) is 0 Å². The fourth-order valence-electron chi connectivity index (χ4n) is 1.85. The largest absolute Gasteiger partial charge is 0.489 e. The van der Waals surface area contributed by atoms with Gasteiger partial charge in [0, 0.05) is 13.1 Å². The average molecular weight is 302 g/mol. The topological polar surface area (TPSA) is 61.7 Å². The summed E-state index contributed by atoms with van der Waals surface area (Å²) in [6, 6.07) is 7.15. The first-order valence-corrected chi connectivity index (χ1v) is 7.31. The molecule has 0 amide bonds. The lowest BCUT2D eigenvalue weighted by atomic mass is 10.1. The first kappa shape index (κ1) is 17.2. The van der Waals surface area contributed by atoms with Gasteiger partial charge in [-0.3, -0.25) is 0 Å². The van der Waals surface area contributed by atoms with E-state index in [-0.39, 0.29) is 12.7 Å². The zero-order valence-corrected chi connectivity index (χ0v) is 12.8. The Bertz CT molecular complexity index is 387. The number of aliphatic hydroxyl groups excluding tert-OH is 2. The third-order valence-electron chi connectivity index (χ3n) is 2.77.